The Morgan fingerprint density at radius 2 is 2.41 bits per heavy atom. The Kier molecular flexibility index (Phi) is 3.69. The van der Waals surface area contributed by atoms with Crippen molar-refractivity contribution in [2.75, 3.05) is 19.0 Å². The minimum absolute atomic E-state index is 0.0140. The standard InChI is InChI=1S/C11H16ClN3O2/c1-8-4-15(5-9(3-12)17-8)11(16)10-6-14(2)7-13-10/h6-9H,3-5H2,1-2H3. The van der Waals surface area contributed by atoms with Gasteiger partial charge in [-0.1, -0.05) is 0 Å². The van der Waals surface area contributed by atoms with Crippen LogP contribution in [-0.2, 0) is 11.8 Å². The first-order valence-corrected chi connectivity index (χ1v) is 6.12. The molecule has 0 radical (unpaired) electrons. The molecule has 1 aromatic rings. The summed E-state index contributed by atoms with van der Waals surface area (Å²) in [6.07, 6.45) is 3.27. The molecule has 1 aromatic heterocycles. The van der Waals surface area contributed by atoms with Crippen LogP contribution in [0.1, 0.15) is 17.4 Å². The first-order valence-electron chi connectivity index (χ1n) is 5.59. The maximum absolute atomic E-state index is 12.2. The largest absolute Gasteiger partial charge is 0.370 e. The molecule has 1 fully saturated rings. The van der Waals surface area contributed by atoms with E-state index in [-0.39, 0.29) is 18.1 Å². The highest BCUT2D eigenvalue weighted by molar-refractivity contribution is 6.18. The number of amides is 1. The van der Waals surface area contributed by atoms with E-state index >= 15 is 0 Å². The summed E-state index contributed by atoms with van der Waals surface area (Å²) in [6, 6.07) is 0. The smallest absolute Gasteiger partial charge is 0.274 e. The predicted molar refractivity (Wildman–Crippen MR) is 64.2 cm³/mol. The van der Waals surface area contributed by atoms with E-state index in [9.17, 15) is 4.79 Å². The van der Waals surface area contributed by atoms with Crippen molar-refractivity contribution < 1.29 is 9.53 Å². The fourth-order valence-electron chi connectivity index (χ4n) is 1.98. The molecular formula is C11H16ClN3O2. The summed E-state index contributed by atoms with van der Waals surface area (Å²) >= 11 is 5.78. The van der Waals surface area contributed by atoms with Crippen LogP contribution in [0.3, 0.4) is 0 Å². The molecular weight excluding hydrogens is 242 g/mol. The maximum Gasteiger partial charge on any atom is 0.274 e. The van der Waals surface area contributed by atoms with Gasteiger partial charge in [0.05, 0.1) is 24.4 Å². The summed E-state index contributed by atoms with van der Waals surface area (Å²) in [5.41, 5.74) is 0.468. The topological polar surface area (TPSA) is 47.4 Å². The van der Waals surface area contributed by atoms with Crippen molar-refractivity contribution in [2.24, 2.45) is 7.05 Å². The number of hydrogen-bond acceptors (Lipinski definition) is 3. The highest BCUT2D eigenvalue weighted by atomic mass is 35.5. The summed E-state index contributed by atoms with van der Waals surface area (Å²) in [6.45, 7) is 3.06. The second-order valence-corrected chi connectivity index (χ2v) is 4.67. The van der Waals surface area contributed by atoms with E-state index in [4.69, 9.17) is 16.3 Å². The van der Waals surface area contributed by atoms with E-state index in [2.05, 4.69) is 4.98 Å². The van der Waals surface area contributed by atoms with E-state index in [0.29, 0.717) is 24.7 Å². The van der Waals surface area contributed by atoms with Crippen LogP contribution in [0.2, 0.25) is 0 Å². The number of aryl methyl sites for hydroxylation is 1. The molecule has 1 amide bonds. The van der Waals surface area contributed by atoms with Crippen molar-refractivity contribution >= 4 is 17.5 Å². The van der Waals surface area contributed by atoms with Crippen LogP contribution in [0.4, 0.5) is 0 Å². The van der Waals surface area contributed by atoms with Gasteiger partial charge in [0.1, 0.15) is 5.69 Å². The van der Waals surface area contributed by atoms with Gasteiger partial charge in [-0.05, 0) is 6.92 Å². The Labute approximate surface area is 105 Å². The van der Waals surface area contributed by atoms with Crippen molar-refractivity contribution in [1.29, 1.82) is 0 Å². The fourth-order valence-corrected chi connectivity index (χ4v) is 2.15. The molecule has 1 aliphatic rings. The molecule has 0 saturated carbocycles. The quantitative estimate of drug-likeness (QED) is 0.740. The van der Waals surface area contributed by atoms with Crippen LogP contribution in [0.15, 0.2) is 12.5 Å². The van der Waals surface area contributed by atoms with E-state index in [1.165, 1.54) is 0 Å². The molecule has 94 valence electrons. The number of rotatable bonds is 2. The van der Waals surface area contributed by atoms with Gasteiger partial charge < -0.3 is 14.2 Å². The Morgan fingerprint density at radius 1 is 1.65 bits per heavy atom. The zero-order valence-electron chi connectivity index (χ0n) is 9.97. The average Bonchev–Trinajstić information content (AvgIpc) is 2.74. The van der Waals surface area contributed by atoms with E-state index in [0.717, 1.165) is 0 Å². The number of imidazole rings is 1. The zero-order valence-corrected chi connectivity index (χ0v) is 10.7. The molecule has 17 heavy (non-hydrogen) atoms. The SMILES string of the molecule is CC1CN(C(=O)c2cn(C)cn2)CC(CCl)O1. The third-order valence-corrected chi connectivity index (χ3v) is 3.05. The number of carbonyl (C=O) groups is 1. The van der Waals surface area contributed by atoms with Crippen LogP contribution in [-0.4, -0.2) is 51.5 Å². The van der Waals surface area contributed by atoms with Gasteiger partial charge in [0.25, 0.3) is 5.91 Å². The lowest BCUT2D eigenvalue weighted by atomic mass is 10.2. The number of carbonyl (C=O) groups excluding carboxylic acids is 1. The van der Waals surface area contributed by atoms with Gasteiger partial charge >= 0.3 is 0 Å². The van der Waals surface area contributed by atoms with E-state index < -0.39 is 0 Å². The first-order chi connectivity index (χ1) is 8.10. The summed E-state index contributed by atoms with van der Waals surface area (Å²) in [4.78, 5) is 18.0. The molecule has 0 spiro atoms. The molecule has 0 N–H and O–H groups in total. The lowest BCUT2D eigenvalue weighted by molar-refractivity contribution is -0.0571. The third kappa shape index (κ3) is 2.79. The molecule has 2 heterocycles. The van der Waals surface area contributed by atoms with Gasteiger partial charge in [-0.15, -0.1) is 11.6 Å². The van der Waals surface area contributed by atoms with E-state index in [1.807, 2.05) is 14.0 Å². The number of ether oxygens (including phenoxy) is 1. The van der Waals surface area contributed by atoms with Crippen LogP contribution in [0.25, 0.3) is 0 Å². The summed E-state index contributed by atoms with van der Waals surface area (Å²) in [5, 5.41) is 0. The van der Waals surface area contributed by atoms with Crippen LogP contribution >= 0.6 is 11.6 Å². The predicted octanol–water partition coefficient (Wildman–Crippen LogP) is 0.888. The highest BCUT2D eigenvalue weighted by Crippen LogP contribution is 2.14. The van der Waals surface area contributed by atoms with E-state index in [1.54, 1.807) is 22.0 Å². The summed E-state index contributed by atoms with van der Waals surface area (Å²) < 4.78 is 7.37. The van der Waals surface area contributed by atoms with Crippen molar-refractivity contribution in [3.8, 4) is 0 Å². The Hall–Kier alpha value is -1.07. The molecule has 2 unspecified atom stereocenters. The minimum Gasteiger partial charge on any atom is -0.370 e. The molecule has 1 aliphatic heterocycles. The molecule has 2 rings (SSSR count). The zero-order chi connectivity index (χ0) is 12.4. The van der Waals surface area contributed by atoms with Crippen molar-refractivity contribution in [1.82, 2.24) is 14.5 Å². The Morgan fingerprint density at radius 3 is 3.00 bits per heavy atom. The fraction of sp³-hybridized carbons (Fsp3) is 0.636. The monoisotopic (exact) mass is 257 g/mol. The molecule has 0 aromatic carbocycles. The van der Waals surface area contributed by atoms with Gasteiger partial charge in [-0.3, -0.25) is 4.79 Å². The van der Waals surface area contributed by atoms with Gasteiger partial charge in [0.15, 0.2) is 0 Å². The van der Waals surface area contributed by atoms with Crippen LogP contribution in [0.5, 0.6) is 0 Å². The van der Waals surface area contributed by atoms with Gasteiger partial charge in [-0.25, -0.2) is 4.98 Å². The second-order valence-electron chi connectivity index (χ2n) is 4.36. The molecule has 6 heteroatoms. The molecule has 1 saturated heterocycles. The number of alkyl halides is 1. The molecule has 5 nitrogen and oxygen atoms in total. The normalized spacial score (nSPS) is 25.0. The second kappa shape index (κ2) is 5.06. The van der Waals surface area contributed by atoms with Crippen molar-refractivity contribution in [3.05, 3.63) is 18.2 Å². The number of nitrogens with zero attached hydrogens (tertiary/aromatic N) is 3. The molecule has 0 aliphatic carbocycles. The highest BCUT2D eigenvalue weighted by Gasteiger charge is 2.29. The number of morpholine rings is 1. The maximum atomic E-state index is 12.2. The average molecular weight is 258 g/mol. The van der Waals surface area contributed by atoms with Crippen molar-refractivity contribution in [2.45, 2.75) is 19.1 Å². The number of halogens is 1. The number of aromatic nitrogens is 2. The lowest BCUT2D eigenvalue weighted by Crippen LogP contribution is -2.49. The minimum atomic E-state index is -0.0897. The molecule has 0 bridgehead atoms. The van der Waals surface area contributed by atoms with Gasteiger partial charge in [-0.2, -0.15) is 0 Å². The Bertz CT molecular complexity index is 407. The van der Waals surface area contributed by atoms with Crippen LogP contribution < -0.4 is 0 Å². The number of hydrogen-bond donors (Lipinski definition) is 0. The van der Waals surface area contributed by atoms with Crippen LogP contribution in [0, 0.1) is 0 Å². The first kappa shape index (κ1) is 12.4. The Balaban J connectivity index is 2.08. The van der Waals surface area contributed by atoms with Gasteiger partial charge in [0.2, 0.25) is 0 Å². The third-order valence-electron chi connectivity index (χ3n) is 2.71. The summed E-state index contributed by atoms with van der Waals surface area (Å²) in [7, 11) is 1.84. The lowest BCUT2D eigenvalue weighted by Gasteiger charge is -2.35. The van der Waals surface area contributed by atoms with Gasteiger partial charge in [0, 0.05) is 26.3 Å². The summed E-state index contributed by atoms with van der Waals surface area (Å²) in [5.74, 6) is 0.340. The molecule has 2 atom stereocenters. The van der Waals surface area contributed by atoms with Crippen molar-refractivity contribution in [3.63, 3.8) is 0 Å².